The van der Waals surface area contributed by atoms with Gasteiger partial charge in [0, 0.05) is 53.9 Å². The van der Waals surface area contributed by atoms with Crippen LogP contribution in [0.1, 0.15) is 5.82 Å². The second-order valence-corrected chi connectivity index (χ2v) is 5.90. The van der Waals surface area contributed by atoms with Gasteiger partial charge in [-0.1, -0.05) is 12.1 Å². The van der Waals surface area contributed by atoms with E-state index < -0.39 is 0 Å². The summed E-state index contributed by atoms with van der Waals surface area (Å²) >= 11 is 2.33. The summed E-state index contributed by atoms with van der Waals surface area (Å²) in [6.07, 6.45) is 8.59. The van der Waals surface area contributed by atoms with Crippen molar-refractivity contribution in [1.29, 1.82) is 0 Å². The fraction of sp³-hybridized carbons (Fsp3) is 0.200. The predicted molar refractivity (Wildman–Crippen MR) is 87.3 cm³/mol. The fourth-order valence-corrected chi connectivity index (χ4v) is 2.78. The molecule has 2 heterocycles. The number of hydrogen-bond donors (Lipinski definition) is 0. The third-order valence-corrected chi connectivity index (χ3v) is 3.97. The topological polar surface area (TPSA) is 35.6 Å². The van der Waals surface area contributed by atoms with Gasteiger partial charge in [-0.2, -0.15) is 0 Å². The average molecular weight is 378 g/mol. The third kappa shape index (κ3) is 2.77. The molecule has 0 amide bonds. The lowest BCUT2D eigenvalue weighted by Gasteiger charge is -2.08. The highest BCUT2D eigenvalue weighted by Gasteiger charge is 2.07. The first kappa shape index (κ1) is 13.4. The minimum atomic E-state index is 0.881. The molecule has 0 atom stereocenters. The standard InChI is InChI=1S/C15H15IN4/c1-19-9-6-17-14(19)5-8-20-10-7-18-15(20)12-3-2-4-13(16)11-12/h2-4,6-7,9-11H,5,8H2,1H3. The molecule has 0 aliphatic carbocycles. The molecule has 0 unspecified atom stereocenters. The van der Waals surface area contributed by atoms with Gasteiger partial charge >= 0.3 is 0 Å². The van der Waals surface area contributed by atoms with E-state index in [0.717, 1.165) is 30.2 Å². The highest BCUT2D eigenvalue weighted by molar-refractivity contribution is 14.1. The summed E-state index contributed by atoms with van der Waals surface area (Å²) in [5.41, 5.74) is 1.15. The van der Waals surface area contributed by atoms with Crippen LogP contribution in [0.3, 0.4) is 0 Å². The van der Waals surface area contributed by atoms with Crippen molar-refractivity contribution < 1.29 is 0 Å². The minimum Gasteiger partial charge on any atom is -0.338 e. The Morgan fingerprint density at radius 3 is 2.75 bits per heavy atom. The zero-order valence-electron chi connectivity index (χ0n) is 11.2. The molecule has 102 valence electrons. The molecular formula is C15H15IN4. The Hall–Kier alpha value is -1.63. The van der Waals surface area contributed by atoms with E-state index in [2.05, 4.69) is 66.0 Å². The van der Waals surface area contributed by atoms with Crippen LogP contribution in [-0.4, -0.2) is 19.1 Å². The van der Waals surface area contributed by atoms with Crippen molar-refractivity contribution in [3.05, 3.63) is 58.4 Å². The van der Waals surface area contributed by atoms with Gasteiger partial charge in [0.15, 0.2) is 0 Å². The van der Waals surface area contributed by atoms with Crippen LogP contribution in [0.15, 0.2) is 49.1 Å². The first-order valence-corrected chi connectivity index (χ1v) is 7.55. The lowest BCUT2D eigenvalue weighted by Crippen LogP contribution is -2.06. The van der Waals surface area contributed by atoms with Gasteiger partial charge in [-0.25, -0.2) is 9.97 Å². The van der Waals surface area contributed by atoms with Crippen molar-refractivity contribution in [2.75, 3.05) is 0 Å². The lowest BCUT2D eigenvalue weighted by atomic mass is 10.2. The second kappa shape index (κ2) is 5.78. The first-order valence-electron chi connectivity index (χ1n) is 6.47. The van der Waals surface area contributed by atoms with E-state index in [0.29, 0.717) is 0 Å². The van der Waals surface area contributed by atoms with E-state index in [1.54, 1.807) is 0 Å². The summed E-state index contributed by atoms with van der Waals surface area (Å²) in [5, 5.41) is 0. The summed E-state index contributed by atoms with van der Waals surface area (Å²) in [6, 6.07) is 8.40. The van der Waals surface area contributed by atoms with E-state index in [4.69, 9.17) is 0 Å². The summed E-state index contributed by atoms with van der Waals surface area (Å²) < 4.78 is 5.46. The molecule has 0 N–H and O–H groups in total. The first-order chi connectivity index (χ1) is 9.74. The number of imidazole rings is 2. The number of halogens is 1. The summed E-state index contributed by atoms with van der Waals surface area (Å²) in [7, 11) is 2.02. The molecule has 0 saturated carbocycles. The van der Waals surface area contributed by atoms with E-state index >= 15 is 0 Å². The van der Waals surface area contributed by atoms with Crippen molar-refractivity contribution in [2.45, 2.75) is 13.0 Å². The predicted octanol–water partition coefficient (Wildman–Crippen LogP) is 3.13. The molecule has 3 rings (SSSR count). The molecule has 0 fully saturated rings. The highest BCUT2D eigenvalue weighted by atomic mass is 127. The van der Waals surface area contributed by atoms with E-state index in [-0.39, 0.29) is 0 Å². The van der Waals surface area contributed by atoms with Crippen LogP contribution in [0.25, 0.3) is 11.4 Å². The molecule has 3 aromatic rings. The third-order valence-electron chi connectivity index (χ3n) is 3.30. The summed E-state index contributed by atoms with van der Waals surface area (Å²) in [5.74, 6) is 2.10. The highest BCUT2D eigenvalue weighted by Crippen LogP contribution is 2.20. The molecule has 5 heteroatoms. The Bertz CT molecular complexity index is 714. The molecule has 0 bridgehead atoms. The van der Waals surface area contributed by atoms with Crippen molar-refractivity contribution in [2.24, 2.45) is 7.05 Å². The Morgan fingerprint density at radius 2 is 2.00 bits per heavy atom. The van der Waals surface area contributed by atoms with Gasteiger partial charge in [0.2, 0.25) is 0 Å². The molecule has 0 saturated heterocycles. The van der Waals surface area contributed by atoms with Crippen molar-refractivity contribution in [3.63, 3.8) is 0 Å². The maximum atomic E-state index is 4.48. The van der Waals surface area contributed by atoms with Gasteiger partial charge < -0.3 is 9.13 Å². The zero-order valence-corrected chi connectivity index (χ0v) is 13.4. The van der Waals surface area contributed by atoms with Gasteiger partial charge in [-0.05, 0) is 34.7 Å². The van der Waals surface area contributed by atoms with Gasteiger partial charge in [0.25, 0.3) is 0 Å². The average Bonchev–Trinajstić information content (AvgIpc) is 3.05. The Morgan fingerprint density at radius 1 is 1.15 bits per heavy atom. The molecule has 1 aromatic carbocycles. The summed E-state index contributed by atoms with van der Waals surface area (Å²) in [6.45, 7) is 0.881. The molecule has 4 nitrogen and oxygen atoms in total. The molecule has 2 aromatic heterocycles. The Labute approximate surface area is 131 Å². The SMILES string of the molecule is Cn1ccnc1CCn1ccnc1-c1cccc(I)c1. The van der Waals surface area contributed by atoms with Crippen LogP contribution in [-0.2, 0) is 20.0 Å². The zero-order chi connectivity index (χ0) is 13.9. The smallest absolute Gasteiger partial charge is 0.139 e. The quantitative estimate of drug-likeness (QED) is 0.654. The lowest BCUT2D eigenvalue weighted by molar-refractivity contribution is 0.655. The van der Waals surface area contributed by atoms with Crippen molar-refractivity contribution >= 4 is 22.6 Å². The van der Waals surface area contributed by atoms with Crippen molar-refractivity contribution in [3.8, 4) is 11.4 Å². The number of aryl methyl sites for hydroxylation is 3. The monoisotopic (exact) mass is 378 g/mol. The molecule has 20 heavy (non-hydrogen) atoms. The van der Waals surface area contributed by atoms with Crippen LogP contribution >= 0.6 is 22.6 Å². The second-order valence-electron chi connectivity index (χ2n) is 4.66. The Balaban J connectivity index is 1.82. The number of nitrogens with zero attached hydrogens (tertiary/aromatic N) is 4. The maximum Gasteiger partial charge on any atom is 0.139 e. The maximum absolute atomic E-state index is 4.48. The van der Waals surface area contributed by atoms with Gasteiger partial charge in [-0.15, -0.1) is 0 Å². The van der Waals surface area contributed by atoms with Crippen LogP contribution < -0.4 is 0 Å². The molecule has 0 aliphatic heterocycles. The molecule has 0 aliphatic rings. The molecule has 0 radical (unpaired) electrons. The normalized spacial score (nSPS) is 10.9. The van der Waals surface area contributed by atoms with E-state index in [1.165, 1.54) is 3.57 Å². The molecule has 0 spiro atoms. The number of hydrogen-bond acceptors (Lipinski definition) is 2. The number of rotatable bonds is 4. The van der Waals surface area contributed by atoms with Crippen LogP contribution in [0, 0.1) is 3.57 Å². The Kier molecular flexibility index (Phi) is 3.86. The van der Waals surface area contributed by atoms with Crippen LogP contribution in [0.5, 0.6) is 0 Å². The number of aromatic nitrogens is 4. The van der Waals surface area contributed by atoms with Gasteiger partial charge in [0.1, 0.15) is 11.6 Å². The van der Waals surface area contributed by atoms with Gasteiger partial charge in [0.05, 0.1) is 0 Å². The minimum absolute atomic E-state index is 0.881. The number of benzene rings is 1. The van der Waals surface area contributed by atoms with E-state index in [9.17, 15) is 0 Å². The molecular weight excluding hydrogens is 363 g/mol. The van der Waals surface area contributed by atoms with Crippen LogP contribution in [0.4, 0.5) is 0 Å². The van der Waals surface area contributed by atoms with Crippen LogP contribution in [0.2, 0.25) is 0 Å². The summed E-state index contributed by atoms with van der Waals surface area (Å²) in [4.78, 5) is 8.84. The van der Waals surface area contributed by atoms with Gasteiger partial charge in [-0.3, -0.25) is 0 Å². The van der Waals surface area contributed by atoms with Crippen molar-refractivity contribution in [1.82, 2.24) is 19.1 Å². The largest absolute Gasteiger partial charge is 0.338 e. The van der Waals surface area contributed by atoms with E-state index in [1.807, 2.05) is 31.8 Å². The fourth-order valence-electron chi connectivity index (χ4n) is 2.24.